The van der Waals surface area contributed by atoms with Gasteiger partial charge in [-0.1, -0.05) is 12.2 Å². The lowest BCUT2D eigenvalue weighted by Gasteiger charge is -2.24. The zero-order valence-corrected chi connectivity index (χ0v) is 19.2. The fourth-order valence-electron chi connectivity index (χ4n) is 3.47. The summed E-state index contributed by atoms with van der Waals surface area (Å²) in [4.78, 5) is 37.2. The van der Waals surface area contributed by atoms with Crippen LogP contribution in [-0.4, -0.2) is 42.9 Å². The number of nitrogens with one attached hydrogen (secondary N) is 2. The van der Waals surface area contributed by atoms with E-state index >= 15 is 0 Å². The Hall–Kier alpha value is -3.46. The molecule has 2 aromatic carbocycles. The number of ether oxygens (including phenoxy) is 2. The predicted octanol–water partition coefficient (Wildman–Crippen LogP) is 4.04. The Morgan fingerprint density at radius 2 is 1.52 bits per heavy atom. The highest BCUT2D eigenvalue weighted by Crippen LogP contribution is 2.29. The van der Waals surface area contributed by atoms with Crippen molar-refractivity contribution in [3.05, 3.63) is 54.6 Å². The van der Waals surface area contributed by atoms with E-state index in [2.05, 4.69) is 10.6 Å². The van der Waals surface area contributed by atoms with Crippen LogP contribution >= 0.6 is 11.8 Å². The minimum atomic E-state index is -0.961. The second-order valence-electron chi connectivity index (χ2n) is 7.45. The summed E-state index contributed by atoms with van der Waals surface area (Å²) >= 11 is 1.35. The highest BCUT2D eigenvalue weighted by Gasteiger charge is 2.33. The predicted molar refractivity (Wildman–Crippen MR) is 127 cm³/mol. The van der Waals surface area contributed by atoms with Gasteiger partial charge in [0.2, 0.25) is 11.8 Å². The topological polar surface area (TPSA) is 114 Å². The molecule has 2 amide bonds. The van der Waals surface area contributed by atoms with Gasteiger partial charge in [-0.2, -0.15) is 0 Å². The maximum Gasteiger partial charge on any atom is 0.307 e. The first-order valence-corrected chi connectivity index (χ1v) is 11.3. The van der Waals surface area contributed by atoms with E-state index in [4.69, 9.17) is 9.47 Å². The lowest BCUT2D eigenvalue weighted by atomic mass is 9.82. The van der Waals surface area contributed by atoms with Crippen molar-refractivity contribution >= 4 is 40.9 Å². The SMILES string of the molecule is COc1cc(NC(=O)CSc2ccc(NC(=O)C3CC=CCC3C(=O)O)cc2)cc(OC)c1. The number of carboxylic acid groups (broad SMARTS) is 1. The molecule has 0 saturated carbocycles. The lowest BCUT2D eigenvalue weighted by molar-refractivity contribution is -0.146. The highest BCUT2D eigenvalue weighted by atomic mass is 32.2. The molecule has 0 spiro atoms. The fraction of sp³-hybridized carbons (Fsp3) is 0.292. The van der Waals surface area contributed by atoms with E-state index in [1.165, 1.54) is 11.8 Å². The number of allylic oxidation sites excluding steroid dienone is 2. The molecule has 0 radical (unpaired) electrons. The van der Waals surface area contributed by atoms with Gasteiger partial charge in [-0.3, -0.25) is 14.4 Å². The van der Waals surface area contributed by atoms with Gasteiger partial charge >= 0.3 is 5.97 Å². The monoisotopic (exact) mass is 470 g/mol. The summed E-state index contributed by atoms with van der Waals surface area (Å²) in [5.74, 6) is -1.41. The van der Waals surface area contributed by atoms with Crippen LogP contribution < -0.4 is 20.1 Å². The summed E-state index contributed by atoms with van der Waals surface area (Å²) in [6, 6.07) is 12.2. The molecule has 0 saturated heterocycles. The van der Waals surface area contributed by atoms with E-state index in [1.54, 1.807) is 62.8 Å². The summed E-state index contributed by atoms with van der Waals surface area (Å²) in [5, 5.41) is 15.0. The Labute approximate surface area is 196 Å². The summed E-state index contributed by atoms with van der Waals surface area (Å²) < 4.78 is 10.4. The summed E-state index contributed by atoms with van der Waals surface area (Å²) in [7, 11) is 3.08. The molecular weight excluding hydrogens is 444 g/mol. The van der Waals surface area contributed by atoms with Crippen LogP contribution in [0, 0.1) is 11.8 Å². The number of benzene rings is 2. The van der Waals surface area contributed by atoms with Crippen molar-refractivity contribution in [1.29, 1.82) is 0 Å². The van der Waals surface area contributed by atoms with Gasteiger partial charge in [-0.25, -0.2) is 0 Å². The van der Waals surface area contributed by atoms with Crippen LogP contribution in [0.1, 0.15) is 12.8 Å². The minimum absolute atomic E-state index is 0.183. The van der Waals surface area contributed by atoms with Crippen LogP contribution in [0.3, 0.4) is 0 Å². The second kappa shape index (κ2) is 11.4. The van der Waals surface area contributed by atoms with Gasteiger partial charge in [-0.05, 0) is 37.1 Å². The van der Waals surface area contributed by atoms with Gasteiger partial charge in [0, 0.05) is 34.5 Å². The van der Waals surface area contributed by atoms with Gasteiger partial charge in [0.15, 0.2) is 0 Å². The molecule has 0 heterocycles. The van der Waals surface area contributed by atoms with Crippen LogP contribution in [0.5, 0.6) is 11.5 Å². The van der Waals surface area contributed by atoms with Crippen LogP contribution in [0.4, 0.5) is 11.4 Å². The largest absolute Gasteiger partial charge is 0.497 e. The van der Waals surface area contributed by atoms with E-state index in [1.807, 2.05) is 6.08 Å². The Morgan fingerprint density at radius 3 is 2.09 bits per heavy atom. The first-order chi connectivity index (χ1) is 15.9. The molecule has 0 bridgehead atoms. The molecule has 2 aromatic rings. The zero-order valence-electron chi connectivity index (χ0n) is 18.4. The summed E-state index contributed by atoms with van der Waals surface area (Å²) in [5.41, 5.74) is 1.16. The van der Waals surface area contributed by atoms with Crippen molar-refractivity contribution in [3.8, 4) is 11.5 Å². The Morgan fingerprint density at radius 1 is 0.909 bits per heavy atom. The molecule has 8 nitrogen and oxygen atoms in total. The molecule has 2 unspecified atom stereocenters. The minimum Gasteiger partial charge on any atom is -0.497 e. The Balaban J connectivity index is 1.52. The molecule has 174 valence electrons. The number of carbonyl (C=O) groups excluding carboxylic acids is 2. The molecule has 2 atom stereocenters. The molecule has 0 aromatic heterocycles. The number of methoxy groups -OCH3 is 2. The smallest absolute Gasteiger partial charge is 0.307 e. The standard InChI is InChI=1S/C24H26N2O6S/c1-31-17-11-16(12-18(13-17)32-2)25-22(27)14-33-19-9-7-15(8-10-19)26-23(28)20-5-3-4-6-21(20)24(29)30/h3-4,7-13,20-21H,5-6,14H2,1-2H3,(H,25,27)(H,26,28)(H,29,30). The van der Waals surface area contributed by atoms with Gasteiger partial charge in [0.05, 0.1) is 31.8 Å². The number of amides is 2. The molecule has 0 aliphatic heterocycles. The fourth-order valence-corrected chi connectivity index (χ4v) is 4.17. The normalized spacial score (nSPS) is 17.2. The second-order valence-corrected chi connectivity index (χ2v) is 8.49. The van der Waals surface area contributed by atoms with E-state index in [0.717, 1.165) is 4.90 Å². The summed E-state index contributed by atoms with van der Waals surface area (Å²) in [6.45, 7) is 0. The number of carbonyl (C=O) groups is 3. The quantitative estimate of drug-likeness (QED) is 0.374. The number of hydrogen-bond acceptors (Lipinski definition) is 6. The van der Waals surface area contributed by atoms with E-state index in [9.17, 15) is 19.5 Å². The first kappa shape index (κ1) is 24.2. The molecular formula is C24H26N2O6S. The maximum absolute atomic E-state index is 12.6. The molecule has 33 heavy (non-hydrogen) atoms. The number of carboxylic acids is 1. The molecule has 1 aliphatic rings. The number of rotatable bonds is 9. The average molecular weight is 471 g/mol. The molecule has 3 rings (SSSR count). The van der Waals surface area contributed by atoms with E-state index < -0.39 is 17.8 Å². The Kier molecular flexibility index (Phi) is 8.37. The van der Waals surface area contributed by atoms with E-state index in [-0.39, 0.29) is 17.6 Å². The number of aliphatic carboxylic acids is 1. The van der Waals surface area contributed by atoms with E-state index in [0.29, 0.717) is 35.7 Å². The van der Waals surface area contributed by atoms with Gasteiger partial charge in [0.1, 0.15) is 11.5 Å². The van der Waals surface area contributed by atoms with Crippen molar-refractivity contribution in [3.63, 3.8) is 0 Å². The van der Waals surface area contributed by atoms with Gasteiger partial charge < -0.3 is 25.2 Å². The van der Waals surface area contributed by atoms with Crippen LogP contribution in [0.15, 0.2) is 59.5 Å². The molecule has 9 heteroatoms. The van der Waals surface area contributed by atoms with Crippen molar-refractivity contribution in [2.45, 2.75) is 17.7 Å². The van der Waals surface area contributed by atoms with Gasteiger partial charge in [-0.15, -0.1) is 11.8 Å². The number of anilines is 2. The van der Waals surface area contributed by atoms with Crippen LogP contribution in [0.2, 0.25) is 0 Å². The van der Waals surface area contributed by atoms with Crippen LogP contribution in [0.25, 0.3) is 0 Å². The third-order valence-corrected chi connectivity index (χ3v) is 6.23. The zero-order chi connectivity index (χ0) is 23.8. The van der Waals surface area contributed by atoms with Crippen molar-refractivity contribution in [1.82, 2.24) is 0 Å². The van der Waals surface area contributed by atoms with Gasteiger partial charge in [0.25, 0.3) is 0 Å². The van der Waals surface area contributed by atoms with Crippen LogP contribution in [-0.2, 0) is 14.4 Å². The van der Waals surface area contributed by atoms with Crippen molar-refractivity contribution < 1.29 is 29.0 Å². The first-order valence-electron chi connectivity index (χ1n) is 10.3. The molecule has 1 aliphatic carbocycles. The highest BCUT2D eigenvalue weighted by molar-refractivity contribution is 8.00. The average Bonchev–Trinajstić information content (AvgIpc) is 2.83. The van der Waals surface area contributed by atoms with Crippen molar-refractivity contribution in [2.24, 2.45) is 11.8 Å². The third kappa shape index (κ3) is 6.76. The molecule has 0 fully saturated rings. The number of hydrogen-bond donors (Lipinski definition) is 3. The maximum atomic E-state index is 12.6. The lowest BCUT2D eigenvalue weighted by Crippen LogP contribution is -2.34. The number of thioether (sulfide) groups is 1. The molecule has 3 N–H and O–H groups in total. The van der Waals surface area contributed by atoms with Crippen molar-refractivity contribution in [2.75, 3.05) is 30.6 Å². The third-order valence-electron chi connectivity index (χ3n) is 5.21. The Bertz CT molecular complexity index is 1020. The summed E-state index contributed by atoms with van der Waals surface area (Å²) in [6.07, 6.45) is 4.41.